The van der Waals surface area contributed by atoms with Crippen molar-refractivity contribution in [1.29, 1.82) is 0 Å². The summed E-state index contributed by atoms with van der Waals surface area (Å²) in [6, 6.07) is 2.34. The number of alkyl halides is 6. The third-order valence-corrected chi connectivity index (χ3v) is 7.48. The lowest BCUT2D eigenvalue weighted by Gasteiger charge is -2.35. The van der Waals surface area contributed by atoms with Gasteiger partial charge >= 0.3 is 12.4 Å². The molecule has 2 aliphatic heterocycles. The smallest absolute Gasteiger partial charge is 0.367 e. The highest BCUT2D eigenvalue weighted by molar-refractivity contribution is 7.15. The lowest BCUT2D eigenvalue weighted by atomic mass is 10.0. The second kappa shape index (κ2) is 11.4. The molecule has 37 heavy (non-hydrogen) atoms. The number of piperidine rings is 1. The molecular formula is C22H27F6N7OS. The van der Waals surface area contributed by atoms with E-state index < -0.39 is 22.9 Å². The molecule has 204 valence electrons. The van der Waals surface area contributed by atoms with E-state index in [1.165, 1.54) is 6.07 Å². The number of nitrogens with one attached hydrogen (secondary N) is 1. The Labute approximate surface area is 213 Å². The van der Waals surface area contributed by atoms with Crippen molar-refractivity contribution in [2.24, 2.45) is 0 Å². The molecule has 2 aromatic heterocycles. The van der Waals surface area contributed by atoms with Gasteiger partial charge in [-0.3, -0.25) is 9.69 Å². The summed E-state index contributed by atoms with van der Waals surface area (Å²) >= 11 is 0.548. The zero-order valence-electron chi connectivity index (χ0n) is 19.9. The number of anilines is 2. The van der Waals surface area contributed by atoms with Crippen LogP contribution >= 0.6 is 11.3 Å². The van der Waals surface area contributed by atoms with Gasteiger partial charge in [-0.2, -0.15) is 26.3 Å². The van der Waals surface area contributed by atoms with Gasteiger partial charge in [0.1, 0.15) is 5.82 Å². The molecule has 0 aliphatic carbocycles. The number of hydrogen-bond acceptors (Lipinski definition) is 8. The van der Waals surface area contributed by atoms with Crippen LogP contribution < -0.4 is 10.2 Å². The Morgan fingerprint density at radius 2 is 1.68 bits per heavy atom. The van der Waals surface area contributed by atoms with Gasteiger partial charge in [-0.1, -0.05) is 11.3 Å². The number of aromatic nitrogens is 3. The molecule has 0 bridgehead atoms. The quantitative estimate of drug-likeness (QED) is 0.522. The molecule has 1 amide bonds. The molecule has 2 fully saturated rings. The van der Waals surface area contributed by atoms with Crippen LogP contribution in [0.5, 0.6) is 0 Å². The number of hydrogen-bond donors (Lipinski definition) is 1. The second-order valence-electron chi connectivity index (χ2n) is 9.05. The van der Waals surface area contributed by atoms with E-state index in [1.807, 2.05) is 4.90 Å². The first kappa shape index (κ1) is 27.4. The maximum Gasteiger partial charge on any atom is 0.445 e. The summed E-state index contributed by atoms with van der Waals surface area (Å²) in [5.41, 5.74) is -0.795. The number of pyridine rings is 1. The van der Waals surface area contributed by atoms with Gasteiger partial charge in [-0.25, -0.2) is 4.98 Å². The largest absolute Gasteiger partial charge is 0.445 e. The van der Waals surface area contributed by atoms with Crippen molar-refractivity contribution in [3.8, 4) is 0 Å². The van der Waals surface area contributed by atoms with Crippen molar-refractivity contribution in [3.63, 3.8) is 0 Å². The molecule has 1 N–H and O–H groups in total. The van der Waals surface area contributed by atoms with Crippen molar-refractivity contribution in [1.82, 2.24) is 25.0 Å². The van der Waals surface area contributed by atoms with Crippen LogP contribution in [0.2, 0.25) is 0 Å². The van der Waals surface area contributed by atoms with E-state index in [4.69, 9.17) is 0 Å². The second-order valence-corrected chi connectivity index (χ2v) is 10.0. The van der Waals surface area contributed by atoms with Crippen molar-refractivity contribution in [3.05, 3.63) is 28.9 Å². The SMILES string of the molecule is O=C(CCCN1CCN(c2nnc(C(F)(F)F)s2)CC1)N1CCC(Nc2ccc(C(F)(F)F)cn2)CC1. The first-order chi connectivity index (χ1) is 17.5. The Kier molecular flexibility index (Phi) is 8.41. The molecule has 2 aliphatic rings. The highest BCUT2D eigenvalue weighted by Gasteiger charge is 2.36. The van der Waals surface area contributed by atoms with Crippen molar-refractivity contribution in [2.45, 2.75) is 44.1 Å². The molecule has 4 rings (SSSR count). The third kappa shape index (κ3) is 7.43. The number of likely N-dealkylation sites (tertiary alicyclic amines) is 1. The molecule has 2 saturated heterocycles. The lowest BCUT2D eigenvalue weighted by Crippen LogP contribution is -2.47. The predicted molar refractivity (Wildman–Crippen MR) is 125 cm³/mol. The maximum atomic E-state index is 12.7. The summed E-state index contributed by atoms with van der Waals surface area (Å²) in [4.78, 5) is 22.2. The fraction of sp³-hybridized carbons (Fsp3) is 0.636. The fourth-order valence-corrected chi connectivity index (χ4v) is 5.13. The van der Waals surface area contributed by atoms with E-state index in [9.17, 15) is 31.1 Å². The van der Waals surface area contributed by atoms with Gasteiger partial charge in [0.2, 0.25) is 16.0 Å². The third-order valence-electron chi connectivity index (χ3n) is 6.46. The number of halogens is 6. The molecule has 0 unspecified atom stereocenters. The molecule has 4 heterocycles. The number of carbonyl (C=O) groups excluding carboxylic acids is 1. The van der Waals surface area contributed by atoms with E-state index in [-0.39, 0.29) is 17.1 Å². The topological polar surface area (TPSA) is 77.5 Å². The van der Waals surface area contributed by atoms with E-state index in [0.29, 0.717) is 82.1 Å². The van der Waals surface area contributed by atoms with Crippen molar-refractivity contribution < 1.29 is 31.1 Å². The summed E-state index contributed by atoms with van der Waals surface area (Å²) in [7, 11) is 0. The van der Waals surface area contributed by atoms with Crippen LogP contribution in [0.1, 0.15) is 36.3 Å². The highest BCUT2D eigenvalue weighted by atomic mass is 32.1. The summed E-state index contributed by atoms with van der Waals surface area (Å²) < 4.78 is 76.2. The van der Waals surface area contributed by atoms with Crippen molar-refractivity contribution in [2.75, 3.05) is 56.0 Å². The number of nitrogens with zero attached hydrogens (tertiary/aromatic N) is 6. The first-order valence-electron chi connectivity index (χ1n) is 11.9. The van der Waals surface area contributed by atoms with Crippen LogP contribution in [0, 0.1) is 0 Å². The Morgan fingerprint density at radius 3 is 2.24 bits per heavy atom. The maximum absolute atomic E-state index is 12.7. The molecule has 0 atom stereocenters. The predicted octanol–water partition coefficient (Wildman–Crippen LogP) is 3.98. The molecule has 0 radical (unpaired) electrons. The summed E-state index contributed by atoms with van der Waals surface area (Å²) in [5.74, 6) is 0.447. The minimum atomic E-state index is -4.49. The fourth-order valence-electron chi connectivity index (χ4n) is 4.36. The molecule has 8 nitrogen and oxygen atoms in total. The van der Waals surface area contributed by atoms with Gasteiger partial charge in [0, 0.05) is 57.9 Å². The number of amides is 1. The summed E-state index contributed by atoms with van der Waals surface area (Å²) in [5, 5.41) is 9.37. The van der Waals surface area contributed by atoms with E-state index >= 15 is 0 Å². The molecular weight excluding hydrogens is 524 g/mol. The summed E-state index contributed by atoms with van der Waals surface area (Å²) in [6.07, 6.45) is -5.65. The van der Waals surface area contributed by atoms with Gasteiger partial charge in [0.05, 0.1) is 5.56 Å². The Hall–Kier alpha value is -2.68. The van der Waals surface area contributed by atoms with Crippen LogP contribution in [0.15, 0.2) is 18.3 Å². The molecule has 0 saturated carbocycles. The monoisotopic (exact) mass is 551 g/mol. The van der Waals surface area contributed by atoms with Crippen molar-refractivity contribution >= 4 is 28.2 Å². The summed E-state index contributed by atoms with van der Waals surface area (Å²) in [6.45, 7) is 4.30. The van der Waals surface area contributed by atoms with Crippen LogP contribution in [0.4, 0.5) is 37.3 Å². The van der Waals surface area contributed by atoms with Gasteiger partial charge in [-0.15, -0.1) is 10.2 Å². The Bertz CT molecular complexity index is 1030. The van der Waals surface area contributed by atoms with Crippen LogP contribution in [-0.2, 0) is 17.1 Å². The highest BCUT2D eigenvalue weighted by Crippen LogP contribution is 2.34. The number of piperazine rings is 1. The molecule has 0 spiro atoms. The van der Waals surface area contributed by atoms with Crippen LogP contribution in [-0.4, -0.2) is 82.7 Å². The van der Waals surface area contributed by atoms with Gasteiger partial charge in [0.15, 0.2) is 0 Å². The average molecular weight is 552 g/mol. The number of rotatable bonds is 7. The minimum absolute atomic E-state index is 0.0322. The molecule has 15 heteroatoms. The van der Waals surface area contributed by atoms with E-state index in [2.05, 4.69) is 25.4 Å². The zero-order valence-corrected chi connectivity index (χ0v) is 20.7. The molecule has 2 aromatic rings. The van der Waals surface area contributed by atoms with Gasteiger partial charge in [-0.05, 0) is 37.9 Å². The lowest BCUT2D eigenvalue weighted by molar-refractivity contribution is -0.138. The standard InChI is InChI=1S/C22H27F6N7OS/c23-21(24,25)15-3-4-17(29-14-15)30-16-5-8-34(9-6-16)18(36)2-1-7-33-10-12-35(13-11-33)20-32-31-19(37-20)22(26,27)28/h3-4,14,16H,1-2,5-13H2,(H,29,30). The normalized spacial score (nSPS) is 18.3. The van der Waals surface area contributed by atoms with Gasteiger partial charge in [0.25, 0.3) is 0 Å². The van der Waals surface area contributed by atoms with E-state index in [1.54, 1.807) is 4.90 Å². The van der Waals surface area contributed by atoms with Gasteiger partial charge < -0.3 is 15.1 Å². The average Bonchev–Trinajstić information content (AvgIpc) is 3.36. The van der Waals surface area contributed by atoms with Crippen LogP contribution in [0.25, 0.3) is 0 Å². The first-order valence-corrected chi connectivity index (χ1v) is 12.8. The Balaban J connectivity index is 1.12. The van der Waals surface area contributed by atoms with E-state index in [0.717, 1.165) is 18.8 Å². The number of carbonyl (C=O) groups is 1. The van der Waals surface area contributed by atoms with Crippen LogP contribution in [0.3, 0.4) is 0 Å². The minimum Gasteiger partial charge on any atom is -0.367 e. The molecule has 0 aromatic carbocycles. The Morgan fingerprint density at radius 1 is 0.973 bits per heavy atom. The zero-order chi connectivity index (χ0) is 26.6.